The van der Waals surface area contributed by atoms with E-state index in [1.807, 2.05) is 36.4 Å². The average Bonchev–Trinajstić information content (AvgIpc) is 3.14. The number of anilines is 2. The predicted molar refractivity (Wildman–Crippen MR) is 114 cm³/mol. The van der Waals surface area contributed by atoms with Crippen LogP contribution in [0.25, 0.3) is 11.0 Å². The van der Waals surface area contributed by atoms with E-state index in [0.717, 1.165) is 42.8 Å². The topological polar surface area (TPSA) is 90.1 Å². The van der Waals surface area contributed by atoms with Gasteiger partial charge in [0.1, 0.15) is 5.82 Å². The summed E-state index contributed by atoms with van der Waals surface area (Å²) in [5, 5.41) is 5.66. The highest BCUT2D eigenvalue weighted by Gasteiger charge is 2.25. The first-order chi connectivity index (χ1) is 14.1. The Balaban J connectivity index is 1.39. The van der Waals surface area contributed by atoms with Crippen molar-refractivity contribution in [3.05, 3.63) is 54.4 Å². The Morgan fingerprint density at radius 2 is 1.83 bits per heavy atom. The van der Waals surface area contributed by atoms with Crippen molar-refractivity contribution in [1.82, 2.24) is 14.9 Å². The number of aromatic amines is 1. The zero-order chi connectivity index (χ0) is 20.2. The summed E-state index contributed by atoms with van der Waals surface area (Å²) in [6, 6.07) is 15.3. The minimum atomic E-state index is -0.170. The fourth-order valence-electron chi connectivity index (χ4n) is 3.87. The van der Waals surface area contributed by atoms with E-state index in [1.165, 1.54) is 6.92 Å². The Hall–Kier alpha value is -3.19. The molecule has 2 heterocycles. The fourth-order valence-corrected chi connectivity index (χ4v) is 3.87. The van der Waals surface area contributed by atoms with Gasteiger partial charge in [0.05, 0.1) is 29.0 Å². The second kappa shape index (κ2) is 8.45. The van der Waals surface area contributed by atoms with E-state index in [2.05, 4.69) is 20.5 Å². The first-order valence-electron chi connectivity index (χ1n) is 9.92. The van der Waals surface area contributed by atoms with E-state index in [9.17, 15) is 9.59 Å². The number of likely N-dealkylation sites (tertiary alicyclic amines) is 1. The second-order valence-electron chi connectivity index (χ2n) is 7.49. The molecule has 0 saturated carbocycles. The molecule has 2 amide bonds. The standard InChI is InChI=1S/C22H25N5O2/c1-15(28)23-17-8-2-3-9-18(17)24-21(29)14-27-12-6-7-16(13-27)22-25-19-10-4-5-11-20(19)26-22/h2-5,8-11,16H,6-7,12-14H2,1H3,(H,23,28)(H,24,29)(H,25,26)/t16-/m0/s1. The Morgan fingerprint density at radius 1 is 1.10 bits per heavy atom. The van der Waals surface area contributed by atoms with Gasteiger partial charge in [0.15, 0.2) is 0 Å². The van der Waals surface area contributed by atoms with Crippen LogP contribution in [0.5, 0.6) is 0 Å². The van der Waals surface area contributed by atoms with Gasteiger partial charge in [-0.15, -0.1) is 0 Å². The summed E-state index contributed by atoms with van der Waals surface area (Å²) in [6.07, 6.45) is 2.08. The number of benzene rings is 2. The minimum absolute atomic E-state index is 0.0898. The number of para-hydroxylation sites is 4. The van der Waals surface area contributed by atoms with Crippen LogP contribution in [-0.2, 0) is 9.59 Å². The molecule has 3 N–H and O–H groups in total. The number of nitrogens with zero attached hydrogens (tertiary/aromatic N) is 2. The molecule has 1 aromatic heterocycles. The molecule has 0 bridgehead atoms. The SMILES string of the molecule is CC(=O)Nc1ccccc1NC(=O)CN1CCC[C@H](c2nc3ccccc3[nH]2)C1. The van der Waals surface area contributed by atoms with Gasteiger partial charge in [0.2, 0.25) is 11.8 Å². The summed E-state index contributed by atoms with van der Waals surface area (Å²) in [7, 11) is 0. The van der Waals surface area contributed by atoms with Crippen LogP contribution in [-0.4, -0.2) is 46.3 Å². The normalized spacial score (nSPS) is 17.2. The number of fused-ring (bicyclic) bond motifs is 1. The maximum Gasteiger partial charge on any atom is 0.238 e. The van der Waals surface area contributed by atoms with E-state index in [-0.39, 0.29) is 17.7 Å². The summed E-state index contributed by atoms with van der Waals surface area (Å²) in [4.78, 5) is 34.3. The number of hydrogen-bond acceptors (Lipinski definition) is 4. The minimum Gasteiger partial charge on any atom is -0.342 e. The number of carbonyl (C=O) groups is 2. The number of carbonyl (C=O) groups excluding carboxylic acids is 2. The van der Waals surface area contributed by atoms with E-state index in [0.29, 0.717) is 17.9 Å². The van der Waals surface area contributed by atoms with E-state index < -0.39 is 0 Å². The van der Waals surface area contributed by atoms with Gasteiger partial charge in [-0.2, -0.15) is 0 Å². The molecule has 2 aromatic carbocycles. The van der Waals surface area contributed by atoms with Crippen LogP contribution >= 0.6 is 0 Å². The van der Waals surface area contributed by atoms with E-state index in [1.54, 1.807) is 12.1 Å². The van der Waals surface area contributed by atoms with Gasteiger partial charge in [-0.05, 0) is 43.7 Å². The molecular weight excluding hydrogens is 366 g/mol. The number of piperidine rings is 1. The Kier molecular flexibility index (Phi) is 5.57. The van der Waals surface area contributed by atoms with Crippen LogP contribution in [0.2, 0.25) is 0 Å². The van der Waals surface area contributed by atoms with Gasteiger partial charge in [-0.1, -0.05) is 24.3 Å². The van der Waals surface area contributed by atoms with Gasteiger partial charge < -0.3 is 15.6 Å². The summed E-state index contributed by atoms with van der Waals surface area (Å²) in [5.41, 5.74) is 3.24. The molecule has 1 saturated heterocycles. The molecule has 0 radical (unpaired) electrons. The van der Waals surface area contributed by atoms with Crippen molar-refractivity contribution in [2.45, 2.75) is 25.7 Å². The van der Waals surface area contributed by atoms with Gasteiger partial charge in [-0.3, -0.25) is 14.5 Å². The number of imidazole rings is 1. The largest absolute Gasteiger partial charge is 0.342 e. The molecule has 4 rings (SSSR count). The lowest BCUT2D eigenvalue weighted by Gasteiger charge is -2.31. The Bertz CT molecular complexity index is 996. The lowest BCUT2D eigenvalue weighted by atomic mass is 9.97. The van der Waals surface area contributed by atoms with Crippen LogP contribution in [0.1, 0.15) is 31.5 Å². The molecule has 0 unspecified atom stereocenters. The first-order valence-corrected chi connectivity index (χ1v) is 9.92. The van der Waals surface area contributed by atoms with Gasteiger partial charge in [0.25, 0.3) is 0 Å². The average molecular weight is 391 g/mol. The monoisotopic (exact) mass is 391 g/mol. The molecule has 29 heavy (non-hydrogen) atoms. The number of rotatable bonds is 5. The number of aromatic nitrogens is 2. The summed E-state index contributed by atoms with van der Waals surface area (Å²) < 4.78 is 0. The number of hydrogen-bond donors (Lipinski definition) is 3. The molecule has 150 valence electrons. The van der Waals surface area contributed by atoms with Gasteiger partial charge in [0, 0.05) is 19.4 Å². The predicted octanol–water partition coefficient (Wildman–Crippen LogP) is 3.34. The maximum absolute atomic E-state index is 12.6. The third-order valence-electron chi connectivity index (χ3n) is 5.18. The fraction of sp³-hybridized carbons (Fsp3) is 0.318. The summed E-state index contributed by atoms with van der Waals surface area (Å²) in [6.45, 7) is 3.44. The summed E-state index contributed by atoms with van der Waals surface area (Å²) in [5.74, 6) is 1.02. The molecule has 0 aliphatic carbocycles. The van der Waals surface area contributed by atoms with Crippen LogP contribution in [0.3, 0.4) is 0 Å². The number of amides is 2. The highest BCUT2D eigenvalue weighted by atomic mass is 16.2. The molecule has 0 spiro atoms. The first kappa shape index (κ1) is 19.1. The molecular formula is C22H25N5O2. The lowest BCUT2D eigenvalue weighted by Crippen LogP contribution is -2.40. The van der Waals surface area contributed by atoms with Crippen LogP contribution in [0.4, 0.5) is 11.4 Å². The molecule has 7 nitrogen and oxygen atoms in total. The van der Waals surface area contributed by atoms with Gasteiger partial charge >= 0.3 is 0 Å². The smallest absolute Gasteiger partial charge is 0.238 e. The van der Waals surface area contributed by atoms with Crippen molar-refractivity contribution in [1.29, 1.82) is 0 Å². The van der Waals surface area contributed by atoms with Crippen LogP contribution in [0, 0.1) is 0 Å². The van der Waals surface area contributed by atoms with E-state index >= 15 is 0 Å². The molecule has 3 aromatic rings. The highest BCUT2D eigenvalue weighted by molar-refractivity contribution is 5.99. The molecule has 1 fully saturated rings. The Labute approximate surface area is 169 Å². The highest BCUT2D eigenvalue weighted by Crippen LogP contribution is 2.27. The van der Waals surface area contributed by atoms with Crippen LogP contribution in [0.15, 0.2) is 48.5 Å². The number of H-pyrrole nitrogens is 1. The van der Waals surface area contributed by atoms with E-state index in [4.69, 9.17) is 4.98 Å². The van der Waals surface area contributed by atoms with Crippen LogP contribution < -0.4 is 10.6 Å². The third-order valence-corrected chi connectivity index (χ3v) is 5.18. The van der Waals surface area contributed by atoms with Crippen molar-refractivity contribution >= 4 is 34.2 Å². The molecule has 1 atom stereocenters. The van der Waals surface area contributed by atoms with Gasteiger partial charge in [-0.25, -0.2) is 4.98 Å². The number of nitrogens with one attached hydrogen (secondary N) is 3. The molecule has 1 aliphatic rings. The Morgan fingerprint density at radius 3 is 2.59 bits per heavy atom. The molecule has 1 aliphatic heterocycles. The zero-order valence-corrected chi connectivity index (χ0v) is 16.4. The quantitative estimate of drug-likeness (QED) is 0.622. The lowest BCUT2D eigenvalue weighted by molar-refractivity contribution is -0.117. The van der Waals surface area contributed by atoms with Crippen molar-refractivity contribution in [3.8, 4) is 0 Å². The van der Waals surface area contributed by atoms with Crippen molar-refractivity contribution in [2.75, 3.05) is 30.3 Å². The summed E-state index contributed by atoms with van der Waals surface area (Å²) >= 11 is 0. The third kappa shape index (κ3) is 4.63. The maximum atomic E-state index is 12.6. The van der Waals surface area contributed by atoms with Crippen molar-refractivity contribution in [3.63, 3.8) is 0 Å². The van der Waals surface area contributed by atoms with Crippen molar-refractivity contribution in [2.24, 2.45) is 0 Å². The second-order valence-corrected chi connectivity index (χ2v) is 7.49. The van der Waals surface area contributed by atoms with Crippen molar-refractivity contribution < 1.29 is 9.59 Å². The zero-order valence-electron chi connectivity index (χ0n) is 16.4. The molecule has 7 heteroatoms.